The van der Waals surface area contributed by atoms with Crippen molar-refractivity contribution < 1.29 is 33.0 Å². The number of urea groups is 1. The van der Waals surface area contributed by atoms with Gasteiger partial charge in [-0.15, -0.1) is 0 Å². The van der Waals surface area contributed by atoms with E-state index in [1.807, 2.05) is 0 Å². The van der Waals surface area contributed by atoms with E-state index in [1.165, 1.54) is 33.4 Å². The molecular weight excluding hydrogens is 532 g/mol. The summed E-state index contributed by atoms with van der Waals surface area (Å²) in [5, 5.41) is 28.5. The lowest BCUT2D eigenvalue weighted by Crippen LogP contribution is -2.42. The van der Waals surface area contributed by atoms with Crippen LogP contribution in [0.15, 0.2) is 54.0 Å². The van der Waals surface area contributed by atoms with Crippen LogP contribution in [-0.2, 0) is 19.6 Å². The summed E-state index contributed by atoms with van der Waals surface area (Å²) in [7, 11) is -3.72. The van der Waals surface area contributed by atoms with Gasteiger partial charge in [-0.2, -0.15) is 4.31 Å². The van der Waals surface area contributed by atoms with Crippen molar-refractivity contribution in [1.29, 1.82) is 0 Å². The number of anilines is 2. The lowest BCUT2D eigenvalue weighted by atomic mass is 10.1. The number of hydrogen-bond donors (Lipinski definition) is 5. The number of carbonyl (C=O) groups is 2. The van der Waals surface area contributed by atoms with Crippen molar-refractivity contribution in [1.82, 2.24) is 29.1 Å². The van der Waals surface area contributed by atoms with Crippen LogP contribution in [0.1, 0.15) is 13.2 Å². The molecule has 2 aliphatic heterocycles. The summed E-state index contributed by atoms with van der Waals surface area (Å²) in [6.45, 7) is 2.60. The highest BCUT2D eigenvalue weighted by molar-refractivity contribution is 7.89. The van der Waals surface area contributed by atoms with E-state index in [-0.39, 0.29) is 40.7 Å². The summed E-state index contributed by atoms with van der Waals surface area (Å²) in [5.74, 6) is -0.546. The van der Waals surface area contributed by atoms with Crippen LogP contribution in [0.25, 0.3) is 11.2 Å². The van der Waals surface area contributed by atoms with Gasteiger partial charge >= 0.3 is 6.03 Å². The van der Waals surface area contributed by atoms with E-state index in [0.29, 0.717) is 6.54 Å². The Balaban J connectivity index is 1.32. The largest absolute Gasteiger partial charge is 0.387 e. The number of aliphatic hydroxyl groups excluding tert-OH is 2. The molecule has 0 spiro atoms. The van der Waals surface area contributed by atoms with Crippen LogP contribution >= 0.6 is 0 Å². The first-order valence-corrected chi connectivity index (χ1v) is 13.4. The van der Waals surface area contributed by atoms with Crippen molar-refractivity contribution in [3.63, 3.8) is 0 Å². The zero-order valence-corrected chi connectivity index (χ0v) is 21.4. The number of sulfonamides is 1. The van der Waals surface area contributed by atoms with Gasteiger partial charge in [0.25, 0.3) is 5.91 Å². The third-order valence-electron chi connectivity index (χ3n) is 6.23. The Morgan fingerprint density at radius 1 is 1.10 bits per heavy atom. The molecule has 5 rings (SSSR count). The highest BCUT2D eigenvalue weighted by atomic mass is 32.2. The minimum Gasteiger partial charge on any atom is -0.387 e. The fraction of sp³-hybridized carbons (Fsp3) is 0.348. The molecular formula is C23H26N8O7S. The van der Waals surface area contributed by atoms with E-state index in [1.54, 1.807) is 25.1 Å². The van der Waals surface area contributed by atoms with Crippen molar-refractivity contribution in [3.8, 4) is 0 Å². The summed E-state index contributed by atoms with van der Waals surface area (Å²) in [6, 6.07) is 5.15. The van der Waals surface area contributed by atoms with Gasteiger partial charge in [0.15, 0.2) is 29.3 Å². The van der Waals surface area contributed by atoms with Crippen molar-refractivity contribution >= 4 is 44.6 Å². The SMILES string of the molecule is CCNC(=O)[C@H]1O[C@@H](n2cnc3c(NC(=O)Nc4cccc(S(=O)(=O)N5CC=CC5)c4)ncnc32)C(O)C1O. The maximum absolute atomic E-state index is 12.8. The zero-order valence-electron chi connectivity index (χ0n) is 20.6. The van der Waals surface area contributed by atoms with Gasteiger partial charge in [-0.1, -0.05) is 18.2 Å². The molecule has 16 heteroatoms. The number of benzene rings is 1. The van der Waals surface area contributed by atoms with Crippen LogP contribution in [0.4, 0.5) is 16.3 Å². The van der Waals surface area contributed by atoms with Crippen LogP contribution in [-0.4, -0.2) is 92.3 Å². The molecule has 0 aliphatic carbocycles. The average molecular weight is 559 g/mol. The van der Waals surface area contributed by atoms with Gasteiger partial charge in [-0.3, -0.25) is 14.7 Å². The Hall–Kier alpha value is -3.96. The Bertz CT molecular complexity index is 1530. The number of imidazole rings is 1. The molecule has 1 aromatic carbocycles. The van der Waals surface area contributed by atoms with Gasteiger partial charge in [-0.25, -0.2) is 28.2 Å². The van der Waals surface area contributed by atoms with Crippen molar-refractivity contribution in [2.75, 3.05) is 30.3 Å². The number of amides is 3. The number of nitrogens with one attached hydrogen (secondary N) is 3. The van der Waals surface area contributed by atoms with E-state index in [9.17, 15) is 28.2 Å². The third kappa shape index (κ3) is 5.07. The monoisotopic (exact) mass is 558 g/mol. The Morgan fingerprint density at radius 2 is 1.87 bits per heavy atom. The molecule has 2 aliphatic rings. The number of carbonyl (C=O) groups excluding carboxylic acids is 2. The van der Waals surface area contributed by atoms with Crippen LogP contribution < -0.4 is 16.0 Å². The molecule has 15 nitrogen and oxygen atoms in total. The summed E-state index contributed by atoms with van der Waals surface area (Å²) in [5.41, 5.74) is 0.557. The number of aliphatic hydroxyl groups is 2. The summed E-state index contributed by atoms with van der Waals surface area (Å²) >= 11 is 0. The summed E-state index contributed by atoms with van der Waals surface area (Å²) in [6.07, 6.45) is 0.561. The molecule has 4 atom stereocenters. The van der Waals surface area contributed by atoms with Gasteiger partial charge in [-0.05, 0) is 25.1 Å². The predicted molar refractivity (Wildman–Crippen MR) is 137 cm³/mol. The van der Waals surface area contributed by atoms with Crippen molar-refractivity contribution in [3.05, 3.63) is 49.1 Å². The second-order valence-corrected chi connectivity index (χ2v) is 10.7. The van der Waals surface area contributed by atoms with Crippen molar-refractivity contribution in [2.45, 2.75) is 36.4 Å². The van der Waals surface area contributed by atoms with Gasteiger partial charge in [0.05, 0.1) is 11.2 Å². The molecule has 3 aromatic rings. The van der Waals surface area contributed by atoms with Crippen LogP contribution in [0.3, 0.4) is 0 Å². The molecule has 2 aromatic heterocycles. The standard InChI is InChI=1S/C23H26N8O7S/c1-2-24-21(34)18-16(32)17(33)22(38-18)31-12-27-15-19(25-11-26-20(15)31)29-23(35)28-13-6-5-7-14(10-13)39(36,37)30-8-3-4-9-30/h3-7,10-12,16-18,22,32-33H,2,8-9H2,1H3,(H,24,34)(H2,25,26,28,29,35)/t16?,17?,18-,22+/m0/s1. The predicted octanol–water partition coefficient (Wildman–Crippen LogP) is -0.214. The Labute approximate surface area is 222 Å². The minimum absolute atomic E-state index is 0.0245. The Kier molecular flexibility index (Phi) is 7.28. The molecule has 0 radical (unpaired) electrons. The summed E-state index contributed by atoms with van der Waals surface area (Å²) in [4.78, 5) is 37.4. The van der Waals surface area contributed by atoms with E-state index in [4.69, 9.17) is 4.74 Å². The highest BCUT2D eigenvalue weighted by Gasteiger charge is 2.47. The fourth-order valence-corrected chi connectivity index (χ4v) is 5.71. The van der Waals surface area contributed by atoms with E-state index in [2.05, 4.69) is 30.9 Å². The maximum Gasteiger partial charge on any atom is 0.324 e. The van der Waals surface area contributed by atoms with Crippen LogP contribution in [0.2, 0.25) is 0 Å². The quantitative estimate of drug-likeness (QED) is 0.242. The number of rotatable bonds is 7. The smallest absolute Gasteiger partial charge is 0.324 e. The molecule has 3 amide bonds. The van der Waals surface area contributed by atoms with Crippen molar-refractivity contribution in [2.24, 2.45) is 0 Å². The lowest BCUT2D eigenvalue weighted by molar-refractivity contribution is -0.137. The van der Waals surface area contributed by atoms with Crippen LogP contribution in [0.5, 0.6) is 0 Å². The van der Waals surface area contributed by atoms with Gasteiger partial charge in [0.2, 0.25) is 10.0 Å². The fourth-order valence-electron chi connectivity index (χ4n) is 4.32. The number of ether oxygens (including phenoxy) is 1. The molecule has 1 saturated heterocycles. The molecule has 4 heterocycles. The second kappa shape index (κ2) is 10.7. The molecule has 0 bridgehead atoms. The van der Waals surface area contributed by atoms with E-state index >= 15 is 0 Å². The molecule has 39 heavy (non-hydrogen) atoms. The number of likely N-dealkylation sites (N-methyl/N-ethyl adjacent to an activating group) is 1. The molecule has 5 N–H and O–H groups in total. The number of nitrogens with zero attached hydrogens (tertiary/aromatic N) is 5. The van der Waals surface area contributed by atoms with E-state index in [0.717, 1.165) is 6.33 Å². The number of aromatic nitrogens is 4. The first-order valence-electron chi connectivity index (χ1n) is 12.0. The highest BCUT2D eigenvalue weighted by Crippen LogP contribution is 2.32. The van der Waals surface area contributed by atoms with Gasteiger partial charge < -0.3 is 25.6 Å². The molecule has 0 saturated carbocycles. The normalized spacial score (nSPS) is 23.3. The number of hydrogen-bond acceptors (Lipinski definition) is 10. The first kappa shape index (κ1) is 26.6. The molecule has 2 unspecified atom stereocenters. The molecule has 206 valence electrons. The average Bonchev–Trinajstić information content (AvgIpc) is 3.66. The first-order chi connectivity index (χ1) is 18.7. The second-order valence-electron chi connectivity index (χ2n) is 8.77. The number of fused-ring (bicyclic) bond motifs is 1. The minimum atomic E-state index is -3.72. The van der Waals surface area contributed by atoms with Crippen LogP contribution in [0, 0.1) is 0 Å². The van der Waals surface area contributed by atoms with Gasteiger partial charge in [0, 0.05) is 25.3 Å². The lowest BCUT2D eigenvalue weighted by Gasteiger charge is -2.16. The van der Waals surface area contributed by atoms with Gasteiger partial charge in [0.1, 0.15) is 18.5 Å². The third-order valence-corrected chi connectivity index (χ3v) is 8.05. The zero-order chi connectivity index (χ0) is 27.7. The Morgan fingerprint density at radius 3 is 2.62 bits per heavy atom. The maximum atomic E-state index is 12.8. The van der Waals surface area contributed by atoms with E-state index < -0.39 is 46.5 Å². The topological polar surface area (TPSA) is 201 Å². The summed E-state index contributed by atoms with van der Waals surface area (Å²) < 4.78 is 33.9. The molecule has 1 fully saturated rings.